The molecule has 3 aromatic rings. The second-order valence-electron chi connectivity index (χ2n) is 6.03. The Labute approximate surface area is 130 Å². The zero-order valence-electron chi connectivity index (χ0n) is 13.0. The number of hydrogen-bond acceptors (Lipinski definition) is 3. The number of rotatable bonds is 2. The molecule has 110 valence electrons. The monoisotopic (exact) mass is 289 g/mol. The molecule has 0 spiro atoms. The summed E-state index contributed by atoms with van der Waals surface area (Å²) in [7, 11) is 2.15. The summed E-state index contributed by atoms with van der Waals surface area (Å²) in [5.74, 6) is 1.03. The van der Waals surface area contributed by atoms with E-state index >= 15 is 0 Å². The van der Waals surface area contributed by atoms with E-state index in [0.29, 0.717) is 6.04 Å². The second-order valence-corrected chi connectivity index (χ2v) is 6.03. The lowest BCUT2D eigenvalue weighted by Gasteiger charge is -2.27. The number of aromatic nitrogens is 2. The fraction of sp³-hybridized carbons (Fsp3) is 0.263. The summed E-state index contributed by atoms with van der Waals surface area (Å²) in [5, 5.41) is 1.16. The van der Waals surface area contributed by atoms with E-state index in [1.165, 1.54) is 16.7 Å². The highest BCUT2D eigenvalue weighted by atomic mass is 15.2. The van der Waals surface area contributed by atoms with Crippen LogP contribution in [0.3, 0.4) is 0 Å². The molecule has 0 bridgehead atoms. The lowest BCUT2D eigenvalue weighted by atomic mass is 10.1. The first-order chi connectivity index (χ1) is 10.8. The van der Waals surface area contributed by atoms with E-state index in [4.69, 9.17) is 0 Å². The van der Waals surface area contributed by atoms with Crippen molar-refractivity contribution in [3.8, 4) is 0 Å². The number of nitrogens with zero attached hydrogens (tertiary/aromatic N) is 3. The molecule has 4 rings (SSSR count). The van der Waals surface area contributed by atoms with Gasteiger partial charge < -0.3 is 4.90 Å². The molecule has 0 saturated carbocycles. The SMILES string of the molecule is Cc1cccc2ncnc(N(C)C3CCc4ccccc43)c12. The lowest BCUT2D eigenvalue weighted by molar-refractivity contribution is 0.657. The third-order valence-corrected chi connectivity index (χ3v) is 4.75. The van der Waals surface area contributed by atoms with Gasteiger partial charge in [-0.05, 0) is 42.5 Å². The van der Waals surface area contributed by atoms with Crippen LogP contribution >= 0.6 is 0 Å². The highest BCUT2D eigenvalue weighted by Gasteiger charge is 2.27. The van der Waals surface area contributed by atoms with Crippen molar-refractivity contribution in [2.45, 2.75) is 25.8 Å². The van der Waals surface area contributed by atoms with Crippen molar-refractivity contribution in [2.24, 2.45) is 0 Å². The molecule has 3 heteroatoms. The van der Waals surface area contributed by atoms with Crippen molar-refractivity contribution in [3.63, 3.8) is 0 Å². The molecule has 0 N–H and O–H groups in total. The summed E-state index contributed by atoms with van der Waals surface area (Å²) >= 11 is 0. The molecule has 1 aliphatic rings. The predicted octanol–water partition coefficient (Wildman–Crippen LogP) is 4.06. The number of benzene rings is 2. The molecule has 22 heavy (non-hydrogen) atoms. The number of hydrogen-bond donors (Lipinski definition) is 0. The van der Waals surface area contributed by atoms with Crippen LogP contribution in [0.1, 0.15) is 29.2 Å². The zero-order valence-corrected chi connectivity index (χ0v) is 13.0. The van der Waals surface area contributed by atoms with Crippen molar-refractivity contribution < 1.29 is 0 Å². The van der Waals surface area contributed by atoms with Crippen LogP contribution < -0.4 is 4.90 Å². The van der Waals surface area contributed by atoms with Gasteiger partial charge in [0, 0.05) is 12.4 Å². The van der Waals surface area contributed by atoms with Gasteiger partial charge >= 0.3 is 0 Å². The minimum atomic E-state index is 0.397. The smallest absolute Gasteiger partial charge is 0.140 e. The van der Waals surface area contributed by atoms with Gasteiger partial charge in [-0.25, -0.2) is 9.97 Å². The van der Waals surface area contributed by atoms with Gasteiger partial charge in [0.25, 0.3) is 0 Å². The topological polar surface area (TPSA) is 29.0 Å². The third kappa shape index (κ3) is 1.97. The lowest BCUT2D eigenvalue weighted by Crippen LogP contribution is -2.23. The Balaban J connectivity index is 1.83. The molecular formula is C19H19N3. The molecule has 0 aliphatic heterocycles. The quantitative estimate of drug-likeness (QED) is 0.712. The molecule has 0 amide bonds. The van der Waals surface area contributed by atoms with Crippen LogP contribution in [-0.2, 0) is 6.42 Å². The van der Waals surface area contributed by atoms with Crippen LogP contribution in [0.2, 0.25) is 0 Å². The molecular weight excluding hydrogens is 270 g/mol. The second kappa shape index (κ2) is 5.09. The van der Waals surface area contributed by atoms with Crippen LogP contribution in [0.15, 0.2) is 48.8 Å². The molecule has 1 heterocycles. The maximum Gasteiger partial charge on any atom is 0.140 e. The summed E-state index contributed by atoms with van der Waals surface area (Å²) in [6.07, 6.45) is 3.97. The average Bonchev–Trinajstić information content (AvgIpc) is 2.98. The van der Waals surface area contributed by atoms with E-state index in [1.54, 1.807) is 6.33 Å². The Bertz CT molecular complexity index is 836. The molecule has 1 aliphatic carbocycles. The number of fused-ring (bicyclic) bond motifs is 2. The normalized spacial score (nSPS) is 16.7. The Kier molecular flexibility index (Phi) is 3.07. The van der Waals surface area contributed by atoms with Crippen LogP contribution in [0.5, 0.6) is 0 Å². The van der Waals surface area contributed by atoms with Crippen molar-refractivity contribution in [3.05, 3.63) is 65.5 Å². The predicted molar refractivity (Wildman–Crippen MR) is 90.2 cm³/mol. The average molecular weight is 289 g/mol. The molecule has 0 radical (unpaired) electrons. The van der Waals surface area contributed by atoms with E-state index in [1.807, 2.05) is 0 Å². The molecule has 1 aromatic heterocycles. The summed E-state index contributed by atoms with van der Waals surface area (Å²) in [4.78, 5) is 11.3. The van der Waals surface area contributed by atoms with Gasteiger partial charge in [-0.3, -0.25) is 0 Å². The Hall–Kier alpha value is -2.42. The van der Waals surface area contributed by atoms with Gasteiger partial charge in [0.05, 0.1) is 11.6 Å². The molecule has 2 aromatic carbocycles. The molecule has 1 unspecified atom stereocenters. The van der Waals surface area contributed by atoms with Crippen LogP contribution in [0.4, 0.5) is 5.82 Å². The van der Waals surface area contributed by atoms with E-state index in [0.717, 1.165) is 29.6 Å². The van der Waals surface area contributed by atoms with E-state index in [2.05, 4.69) is 71.3 Å². The number of anilines is 1. The maximum absolute atomic E-state index is 4.60. The van der Waals surface area contributed by atoms with Crippen molar-refractivity contribution in [1.29, 1.82) is 0 Å². The summed E-state index contributed by atoms with van der Waals surface area (Å²) in [6.45, 7) is 2.13. The van der Waals surface area contributed by atoms with E-state index in [9.17, 15) is 0 Å². The minimum Gasteiger partial charge on any atom is -0.352 e. The van der Waals surface area contributed by atoms with Gasteiger partial charge in [0.2, 0.25) is 0 Å². The first-order valence-corrected chi connectivity index (χ1v) is 7.76. The fourth-order valence-corrected chi connectivity index (χ4v) is 3.61. The molecule has 0 fully saturated rings. The Morgan fingerprint density at radius 1 is 1.05 bits per heavy atom. The van der Waals surface area contributed by atoms with Crippen molar-refractivity contribution >= 4 is 16.7 Å². The fourth-order valence-electron chi connectivity index (χ4n) is 3.61. The summed E-state index contributed by atoms with van der Waals surface area (Å²) < 4.78 is 0. The standard InChI is InChI=1S/C19H19N3/c1-13-6-5-9-16-18(13)19(21-12-20-16)22(2)17-11-10-14-7-3-4-8-15(14)17/h3-9,12,17H,10-11H2,1-2H3. The van der Waals surface area contributed by atoms with Gasteiger partial charge in [-0.2, -0.15) is 0 Å². The van der Waals surface area contributed by atoms with E-state index < -0.39 is 0 Å². The molecule has 1 atom stereocenters. The minimum absolute atomic E-state index is 0.397. The third-order valence-electron chi connectivity index (χ3n) is 4.75. The highest BCUT2D eigenvalue weighted by Crippen LogP contribution is 2.38. The molecule has 3 nitrogen and oxygen atoms in total. The van der Waals surface area contributed by atoms with E-state index in [-0.39, 0.29) is 0 Å². The van der Waals surface area contributed by atoms with Crippen molar-refractivity contribution in [1.82, 2.24) is 9.97 Å². The Morgan fingerprint density at radius 2 is 1.91 bits per heavy atom. The van der Waals surface area contributed by atoms with Gasteiger partial charge in [-0.1, -0.05) is 36.4 Å². The maximum atomic E-state index is 4.60. The van der Waals surface area contributed by atoms with Crippen LogP contribution in [0, 0.1) is 6.92 Å². The highest BCUT2D eigenvalue weighted by molar-refractivity contribution is 5.92. The van der Waals surface area contributed by atoms with Crippen molar-refractivity contribution in [2.75, 3.05) is 11.9 Å². The largest absolute Gasteiger partial charge is 0.352 e. The van der Waals surface area contributed by atoms with Gasteiger partial charge in [0.15, 0.2) is 0 Å². The van der Waals surface area contributed by atoms with Gasteiger partial charge in [0.1, 0.15) is 12.1 Å². The number of aryl methyl sites for hydroxylation is 2. The first-order valence-electron chi connectivity index (χ1n) is 7.76. The van der Waals surface area contributed by atoms with Gasteiger partial charge in [-0.15, -0.1) is 0 Å². The summed E-state index contributed by atoms with van der Waals surface area (Å²) in [6, 6.07) is 15.4. The van der Waals surface area contributed by atoms with Crippen LogP contribution in [0.25, 0.3) is 10.9 Å². The van der Waals surface area contributed by atoms with Crippen LogP contribution in [-0.4, -0.2) is 17.0 Å². The Morgan fingerprint density at radius 3 is 2.82 bits per heavy atom. The molecule has 0 saturated heterocycles. The zero-order chi connectivity index (χ0) is 15.1. The summed E-state index contributed by atoms with van der Waals surface area (Å²) in [5.41, 5.74) is 5.15. The first kappa shape index (κ1) is 13.3.